The summed E-state index contributed by atoms with van der Waals surface area (Å²) in [6.07, 6.45) is 0. The van der Waals surface area contributed by atoms with Gasteiger partial charge in [-0.1, -0.05) is 212 Å². The number of anilines is 3. The molecule has 0 spiro atoms. The molecule has 2 nitrogen and oxygen atoms in total. The molecular weight excluding hydrogens is 809 g/mol. The second-order valence-corrected chi connectivity index (χ2v) is 17.6. The largest absolute Gasteiger partial charge is 0.310 e. The maximum atomic E-state index is 2.49. The van der Waals surface area contributed by atoms with Crippen LogP contribution in [0.15, 0.2) is 267 Å². The molecule has 2 heteroatoms. The second kappa shape index (κ2) is 15.8. The van der Waals surface area contributed by atoms with E-state index in [0.29, 0.717) is 0 Å². The number of benzene rings is 11. The van der Waals surface area contributed by atoms with Crippen LogP contribution in [0.25, 0.3) is 71.6 Å². The Balaban J connectivity index is 1.07. The van der Waals surface area contributed by atoms with Gasteiger partial charge < -0.3 is 9.47 Å². The van der Waals surface area contributed by atoms with Gasteiger partial charge in [-0.3, -0.25) is 0 Å². The summed E-state index contributed by atoms with van der Waals surface area (Å²) in [6, 6.07) is 98.2. The predicted molar refractivity (Wildman–Crippen MR) is 281 cm³/mol. The topological polar surface area (TPSA) is 8.17 Å². The Labute approximate surface area is 390 Å². The van der Waals surface area contributed by atoms with Crippen molar-refractivity contribution in [2.24, 2.45) is 0 Å². The van der Waals surface area contributed by atoms with Crippen LogP contribution in [0.3, 0.4) is 0 Å². The quantitative estimate of drug-likeness (QED) is 0.148. The van der Waals surface area contributed by atoms with Crippen molar-refractivity contribution in [1.29, 1.82) is 0 Å². The molecule has 0 aliphatic heterocycles. The molecule has 1 aliphatic carbocycles. The van der Waals surface area contributed by atoms with E-state index >= 15 is 0 Å². The zero-order valence-corrected chi connectivity index (χ0v) is 36.8. The summed E-state index contributed by atoms with van der Waals surface area (Å²) < 4.78 is 2.49. The van der Waals surface area contributed by atoms with Gasteiger partial charge in [0.1, 0.15) is 0 Å². The minimum absolute atomic E-state index is 0.586. The Bertz CT molecular complexity index is 3800. The van der Waals surface area contributed by atoms with Crippen molar-refractivity contribution in [2.45, 2.75) is 5.41 Å². The van der Waals surface area contributed by atoms with Gasteiger partial charge in [-0.2, -0.15) is 0 Å². The van der Waals surface area contributed by atoms with Gasteiger partial charge in [-0.25, -0.2) is 0 Å². The van der Waals surface area contributed by atoms with Crippen molar-refractivity contribution >= 4 is 49.6 Å². The molecule has 0 bridgehead atoms. The molecule has 1 atom stereocenters. The van der Waals surface area contributed by atoms with E-state index in [1.54, 1.807) is 0 Å². The Morgan fingerprint density at radius 1 is 0.313 bits per heavy atom. The number of fused-ring (bicyclic) bond motifs is 8. The molecule has 1 aromatic heterocycles. The van der Waals surface area contributed by atoms with Crippen molar-refractivity contribution in [2.75, 3.05) is 4.90 Å². The normalized spacial score (nSPS) is 14.0. The van der Waals surface area contributed by atoms with E-state index in [9.17, 15) is 0 Å². The molecule has 0 fully saturated rings. The summed E-state index contributed by atoms with van der Waals surface area (Å²) >= 11 is 0. The molecule has 0 saturated carbocycles. The maximum Gasteiger partial charge on any atom is 0.0714 e. The monoisotopic (exact) mass is 852 g/mol. The van der Waals surface area contributed by atoms with Crippen molar-refractivity contribution < 1.29 is 0 Å². The molecule has 13 rings (SSSR count). The lowest BCUT2D eigenvalue weighted by Crippen LogP contribution is -2.29. The van der Waals surface area contributed by atoms with Gasteiger partial charge in [-0.15, -0.1) is 0 Å². The van der Waals surface area contributed by atoms with E-state index in [2.05, 4.69) is 276 Å². The fourth-order valence-corrected chi connectivity index (χ4v) is 11.1. The maximum absolute atomic E-state index is 2.49. The fourth-order valence-electron chi connectivity index (χ4n) is 11.1. The van der Waals surface area contributed by atoms with E-state index < -0.39 is 5.41 Å². The third-order valence-corrected chi connectivity index (χ3v) is 14.0. The van der Waals surface area contributed by atoms with Crippen LogP contribution in [0.4, 0.5) is 17.1 Å². The lowest BCUT2D eigenvalue weighted by molar-refractivity contribution is 0.769. The van der Waals surface area contributed by atoms with Gasteiger partial charge in [0.25, 0.3) is 0 Å². The first-order valence-corrected chi connectivity index (χ1v) is 23.2. The second-order valence-electron chi connectivity index (χ2n) is 17.6. The van der Waals surface area contributed by atoms with E-state index in [1.807, 2.05) is 0 Å². The van der Waals surface area contributed by atoms with Crippen molar-refractivity contribution in [3.8, 4) is 39.1 Å². The lowest BCUT2D eigenvalue weighted by atomic mass is 9.67. The summed E-state index contributed by atoms with van der Waals surface area (Å²) in [5.41, 5.74) is 18.5. The third-order valence-electron chi connectivity index (χ3n) is 14.0. The van der Waals surface area contributed by atoms with Gasteiger partial charge in [0.05, 0.1) is 16.4 Å². The lowest BCUT2D eigenvalue weighted by Gasteiger charge is -2.35. The fraction of sp³-hybridized carbons (Fsp3) is 0.0154. The van der Waals surface area contributed by atoms with Crippen LogP contribution in [0.5, 0.6) is 0 Å². The zero-order valence-electron chi connectivity index (χ0n) is 36.8. The van der Waals surface area contributed by atoms with E-state index in [-0.39, 0.29) is 0 Å². The molecule has 12 aromatic rings. The number of para-hydroxylation sites is 1. The van der Waals surface area contributed by atoms with Crippen LogP contribution < -0.4 is 4.90 Å². The van der Waals surface area contributed by atoms with Gasteiger partial charge in [0, 0.05) is 38.9 Å². The molecule has 1 heterocycles. The molecule has 67 heavy (non-hydrogen) atoms. The number of nitrogens with zero attached hydrogens (tertiary/aromatic N) is 2. The van der Waals surface area contributed by atoms with Crippen molar-refractivity contribution in [3.63, 3.8) is 0 Å². The van der Waals surface area contributed by atoms with E-state index in [1.165, 1.54) is 82.7 Å². The predicted octanol–water partition coefficient (Wildman–Crippen LogP) is 17.1. The zero-order chi connectivity index (χ0) is 44.3. The standard InChI is InChI=1S/C65H44N2/c1-5-19-45(20-6-1)48-24-17-28-51(41-48)65(50-26-9-3-10-27-50)61-34-16-15-33-57(61)58-39-36-54(43-62(58)65)66(52-29-11-4-12-30-52)55-37-40-59-60-38-35-47-23-13-14-32-56(47)64(60)67(63(59)44-55)53-31-18-25-49(42-53)46-21-7-2-8-22-46/h1-44H. The highest BCUT2D eigenvalue weighted by Gasteiger charge is 2.46. The summed E-state index contributed by atoms with van der Waals surface area (Å²) in [5.74, 6) is 0. The van der Waals surface area contributed by atoms with Crippen LogP contribution in [0, 0.1) is 0 Å². The molecule has 0 amide bonds. The van der Waals surface area contributed by atoms with Gasteiger partial charge in [0.2, 0.25) is 0 Å². The molecule has 0 N–H and O–H groups in total. The summed E-state index contributed by atoms with van der Waals surface area (Å²) in [7, 11) is 0. The van der Waals surface area contributed by atoms with Crippen LogP contribution in [0.2, 0.25) is 0 Å². The van der Waals surface area contributed by atoms with Gasteiger partial charge >= 0.3 is 0 Å². The average molecular weight is 853 g/mol. The Morgan fingerprint density at radius 2 is 0.881 bits per heavy atom. The number of rotatable bonds is 8. The first kappa shape index (κ1) is 38.7. The van der Waals surface area contributed by atoms with Crippen molar-refractivity contribution in [3.05, 3.63) is 289 Å². The number of hydrogen-bond donors (Lipinski definition) is 0. The smallest absolute Gasteiger partial charge is 0.0714 e. The van der Waals surface area contributed by atoms with Crippen LogP contribution >= 0.6 is 0 Å². The van der Waals surface area contributed by atoms with Crippen LogP contribution in [0.1, 0.15) is 22.3 Å². The third kappa shape index (κ3) is 6.18. The molecule has 11 aromatic carbocycles. The van der Waals surface area contributed by atoms with E-state index in [4.69, 9.17) is 0 Å². The van der Waals surface area contributed by atoms with Crippen molar-refractivity contribution in [1.82, 2.24) is 4.57 Å². The summed E-state index contributed by atoms with van der Waals surface area (Å²) in [6.45, 7) is 0. The highest BCUT2D eigenvalue weighted by atomic mass is 15.1. The minimum Gasteiger partial charge on any atom is -0.310 e. The SMILES string of the molecule is c1ccc(-c2cccc(-n3c4cc(N(c5ccccc5)c5ccc6c(c5)C(c5ccccc5)(c5cccc(-c7ccccc7)c5)c5ccccc5-6)ccc4c4ccc5ccccc5c43)c2)cc1. The Morgan fingerprint density at radius 3 is 1.66 bits per heavy atom. The van der Waals surface area contributed by atoms with Gasteiger partial charge in [0.15, 0.2) is 0 Å². The first-order valence-electron chi connectivity index (χ1n) is 23.2. The number of aromatic nitrogens is 1. The summed E-state index contributed by atoms with van der Waals surface area (Å²) in [5, 5.41) is 4.90. The molecular formula is C65H44N2. The summed E-state index contributed by atoms with van der Waals surface area (Å²) in [4.78, 5) is 2.44. The molecule has 0 saturated heterocycles. The molecule has 0 radical (unpaired) electrons. The molecule has 1 aliphatic rings. The number of hydrogen-bond acceptors (Lipinski definition) is 1. The Kier molecular flexibility index (Phi) is 9.11. The van der Waals surface area contributed by atoms with Gasteiger partial charge in [-0.05, 0) is 116 Å². The minimum atomic E-state index is -0.586. The first-order chi connectivity index (χ1) is 33.2. The molecule has 314 valence electrons. The molecule has 1 unspecified atom stereocenters. The van der Waals surface area contributed by atoms with Crippen LogP contribution in [-0.2, 0) is 5.41 Å². The van der Waals surface area contributed by atoms with E-state index in [0.717, 1.165) is 28.3 Å². The van der Waals surface area contributed by atoms with Crippen LogP contribution in [-0.4, -0.2) is 4.57 Å². The average Bonchev–Trinajstić information content (AvgIpc) is 3.90. The highest BCUT2D eigenvalue weighted by Crippen LogP contribution is 2.57. The highest BCUT2D eigenvalue weighted by molar-refractivity contribution is 6.19. The Hall–Kier alpha value is -8.72.